The standard InChI is InChI=1S/C20H24BrNO6/c1-5-26-19(24)27-17-16(15-12(2)6-7-14(21)13(15)3)18(23)28-20(17)8-10-22(25-4)11-9-20/h6-7H,5,8-11H2,1-4H3. The maximum atomic E-state index is 13.0. The van der Waals surface area contributed by atoms with Crippen molar-refractivity contribution in [3.8, 4) is 0 Å². The van der Waals surface area contributed by atoms with Gasteiger partial charge in [-0.15, -0.1) is 0 Å². The number of ether oxygens (including phenoxy) is 3. The van der Waals surface area contributed by atoms with E-state index < -0.39 is 17.7 Å². The molecule has 1 aromatic carbocycles. The minimum absolute atomic E-state index is 0.176. The number of benzene rings is 1. The van der Waals surface area contributed by atoms with Crippen molar-refractivity contribution in [2.75, 3.05) is 26.8 Å². The van der Waals surface area contributed by atoms with E-state index in [2.05, 4.69) is 15.9 Å². The quantitative estimate of drug-likeness (QED) is 0.639. The average Bonchev–Trinajstić information content (AvgIpc) is 2.91. The molecule has 2 heterocycles. The number of carbonyl (C=O) groups excluding carboxylic acids is 2. The molecule has 3 rings (SSSR count). The van der Waals surface area contributed by atoms with Gasteiger partial charge in [-0.05, 0) is 43.5 Å². The highest BCUT2D eigenvalue weighted by Gasteiger charge is 2.53. The van der Waals surface area contributed by atoms with Crippen LogP contribution >= 0.6 is 15.9 Å². The molecule has 1 aromatic rings. The summed E-state index contributed by atoms with van der Waals surface area (Å²) < 4.78 is 17.3. The second-order valence-corrected chi connectivity index (χ2v) is 7.70. The fraction of sp³-hybridized carbons (Fsp3) is 0.500. The van der Waals surface area contributed by atoms with E-state index in [0.717, 1.165) is 15.6 Å². The van der Waals surface area contributed by atoms with Crippen LogP contribution in [-0.4, -0.2) is 49.6 Å². The summed E-state index contributed by atoms with van der Waals surface area (Å²) in [6.07, 6.45) is 0.0699. The van der Waals surface area contributed by atoms with Gasteiger partial charge in [-0.2, -0.15) is 5.06 Å². The third kappa shape index (κ3) is 3.68. The van der Waals surface area contributed by atoms with Crippen molar-refractivity contribution in [3.05, 3.63) is 39.1 Å². The zero-order valence-corrected chi connectivity index (χ0v) is 18.1. The highest BCUT2D eigenvalue weighted by molar-refractivity contribution is 9.10. The van der Waals surface area contributed by atoms with Crippen LogP contribution in [0.3, 0.4) is 0 Å². The van der Waals surface area contributed by atoms with Crippen molar-refractivity contribution in [1.82, 2.24) is 5.06 Å². The van der Waals surface area contributed by atoms with Crippen molar-refractivity contribution in [1.29, 1.82) is 0 Å². The first-order chi connectivity index (χ1) is 13.3. The van der Waals surface area contributed by atoms with Crippen molar-refractivity contribution < 1.29 is 28.6 Å². The first kappa shape index (κ1) is 20.8. The molecule has 0 saturated carbocycles. The molecule has 7 nitrogen and oxygen atoms in total. The minimum Gasteiger partial charge on any atom is -0.447 e. The summed E-state index contributed by atoms with van der Waals surface area (Å²) in [4.78, 5) is 30.4. The summed E-state index contributed by atoms with van der Waals surface area (Å²) in [7, 11) is 1.60. The van der Waals surface area contributed by atoms with Gasteiger partial charge in [0.05, 0.1) is 13.7 Å². The van der Waals surface area contributed by atoms with Gasteiger partial charge in [0.1, 0.15) is 5.57 Å². The lowest BCUT2D eigenvalue weighted by molar-refractivity contribution is -0.183. The molecule has 28 heavy (non-hydrogen) atoms. The van der Waals surface area contributed by atoms with E-state index in [4.69, 9.17) is 19.0 Å². The van der Waals surface area contributed by atoms with Crippen LogP contribution in [0.4, 0.5) is 4.79 Å². The average molecular weight is 454 g/mol. The molecular formula is C20H24BrNO6. The predicted molar refractivity (Wildman–Crippen MR) is 105 cm³/mol. The van der Waals surface area contributed by atoms with Gasteiger partial charge in [0.2, 0.25) is 0 Å². The van der Waals surface area contributed by atoms with E-state index in [1.54, 1.807) is 19.1 Å². The number of halogens is 1. The lowest BCUT2D eigenvalue weighted by atomic mass is 9.86. The summed E-state index contributed by atoms with van der Waals surface area (Å²) in [6.45, 7) is 6.78. The number of nitrogens with zero attached hydrogens (tertiary/aromatic N) is 1. The molecule has 0 radical (unpaired) electrons. The van der Waals surface area contributed by atoms with E-state index >= 15 is 0 Å². The molecular weight excluding hydrogens is 430 g/mol. The third-order valence-electron chi connectivity index (χ3n) is 5.23. The molecule has 0 unspecified atom stereocenters. The fourth-order valence-electron chi connectivity index (χ4n) is 3.75. The van der Waals surface area contributed by atoms with E-state index in [9.17, 15) is 9.59 Å². The second-order valence-electron chi connectivity index (χ2n) is 6.85. The number of hydrogen-bond acceptors (Lipinski definition) is 7. The lowest BCUT2D eigenvalue weighted by Gasteiger charge is -2.37. The summed E-state index contributed by atoms with van der Waals surface area (Å²) in [5.41, 5.74) is 1.77. The van der Waals surface area contributed by atoms with Crippen LogP contribution in [0.5, 0.6) is 0 Å². The van der Waals surface area contributed by atoms with Crippen LogP contribution in [0.1, 0.15) is 36.5 Å². The molecule has 0 amide bonds. The van der Waals surface area contributed by atoms with Gasteiger partial charge >= 0.3 is 12.1 Å². The first-order valence-electron chi connectivity index (χ1n) is 9.20. The number of rotatable bonds is 4. The number of aryl methyl sites for hydroxylation is 1. The van der Waals surface area contributed by atoms with Crippen LogP contribution in [0, 0.1) is 13.8 Å². The Bertz CT molecular complexity index is 826. The van der Waals surface area contributed by atoms with Crippen LogP contribution in [0.25, 0.3) is 5.57 Å². The second kappa shape index (κ2) is 8.23. The Balaban J connectivity index is 2.14. The topological polar surface area (TPSA) is 74.3 Å². The molecule has 8 heteroatoms. The molecule has 2 aliphatic rings. The molecule has 2 aliphatic heterocycles. The highest BCUT2D eigenvalue weighted by atomic mass is 79.9. The Kier molecular flexibility index (Phi) is 6.12. The number of hydroxylamine groups is 2. The summed E-state index contributed by atoms with van der Waals surface area (Å²) in [6, 6.07) is 3.83. The monoisotopic (exact) mass is 453 g/mol. The molecule has 152 valence electrons. The highest BCUT2D eigenvalue weighted by Crippen LogP contribution is 2.46. The van der Waals surface area contributed by atoms with Crippen LogP contribution in [0.15, 0.2) is 22.4 Å². The van der Waals surface area contributed by atoms with Gasteiger partial charge in [0, 0.05) is 30.4 Å². The Morgan fingerprint density at radius 1 is 1.29 bits per heavy atom. The van der Waals surface area contributed by atoms with E-state index in [0.29, 0.717) is 31.5 Å². The van der Waals surface area contributed by atoms with Crippen LogP contribution < -0.4 is 0 Å². The molecule has 0 aliphatic carbocycles. The van der Waals surface area contributed by atoms with Crippen molar-refractivity contribution >= 4 is 33.6 Å². The Labute approximate surface area is 172 Å². The van der Waals surface area contributed by atoms with Gasteiger partial charge in [-0.3, -0.25) is 0 Å². The molecule has 1 fully saturated rings. The molecule has 0 aromatic heterocycles. The predicted octanol–water partition coefficient (Wildman–Crippen LogP) is 3.90. The van der Waals surface area contributed by atoms with Crippen molar-refractivity contribution in [3.63, 3.8) is 0 Å². The van der Waals surface area contributed by atoms with Crippen molar-refractivity contribution in [2.24, 2.45) is 0 Å². The minimum atomic E-state index is -1.00. The molecule has 0 N–H and O–H groups in total. The normalized spacial score (nSPS) is 19.1. The SMILES string of the molecule is CCOC(=O)OC1=C(c2c(C)ccc(Br)c2C)C(=O)OC12CCN(OC)CC2. The maximum Gasteiger partial charge on any atom is 0.513 e. The molecule has 0 bridgehead atoms. The van der Waals surface area contributed by atoms with E-state index in [1.807, 2.05) is 26.0 Å². The molecule has 1 saturated heterocycles. The summed E-state index contributed by atoms with van der Waals surface area (Å²) in [5, 5.41) is 1.79. The molecule has 1 spiro atoms. The lowest BCUT2D eigenvalue weighted by Crippen LogP contribution is -2.46. The smallest absolute Gasteiger partial charge is 0.447 e. The molecule has 0 atom stereocenters. The fourth-order valence-corrected chi connectivity index (χ4v) is 4.08. The number of hydrogen-bond donors (Lipinski definition) is 0. The Hall–Kier alpha value is -1.90. The van der Waals surface area contributed by atoms with Gasteiger partial charge in [0.25, 0.3) is 0 Å². The zero-order chi connectivity index (χ0) is 20.5. The number of esters is 1. The Morgan fingerprint density at radius 3 is 2.57 bits per heavy atom. The summed E-state index contributed by atoms with van der Waals surface area (Å²) in [5.74, 6) is -0.259. The van der Waals surface area contributed by atoms with Gasteiger partial charge in [-0.1, -0.05) is 22.0 Å². The van der Waals surface area contributed by atoms with E-state index in [-0.39, 0.29) is 17.9 Å². The Morgan fingerprint density at radius 2 is 1.96 bits per heavy atom. The van der Waals surface area contributed by atoms with Gasteiger partial charge in [0.15, 0.2) is 11.4 Å². The zero-order valence-electron chi connectivity index (χ0n) is 16.5. The van der Waals surface area contributed by atoms with Crippen molar-refractivity contribution in [2.45, 2.75) is 39.2 Å². The van der Waals surface area contributed by atoms with Gasteiger partial charge < -0.3 is 19.0 Å². The number of piperidine rings is 1. The largest absolute Gasteiger partial charge is 0.513 e. The van der Waals surface area contributed by atoms with Crippen LogP contribution in [-0.2, 0) is 23.8 Å². The summed E-state index contributed by atoms with van der Waals surface area (Å²) >= 11 is 3.52. The van der Waals surface area contributed by atoms with E-state index in [1.165, 1.54) is 0 Å². The maximum absolute atomic E-state index is 13.0. The van der Waals surface area contributed by atoms with Crippen LogP contribution in [0.2, 0.25) is 0 Å². The third-order valence-corrected chi connectivity index (χ3v) is 6.09. The first-order valence-corrected chi connectivity index (χ1v) is 10.00. The van der Waals surface area contributed by atoms with Gasteiger partial charge in [-0.25, -0.2) is 9.59 Å². The number of carbonyl (C=O) groups is 2.